The van der Waals surface area contributed by atoms with Gasteiger partial charge in [-0.3, -0.25) is 9.59 Å². The average Bonchev–Trinajstić information content (AvgIpc) is 3.37. The maximum atomic E-state index is 12.4. The zero-order valence-electron chi connectivity index (χ0n) is 21.4. The number of carbonyl (C=O) groups excluding carboxylic acids is 2. The Morgan fingerprint density at radius 3 is 2.59 bits per heavy atom. The van der Waals surface area contributed by atoms with Crippen molar-refractivity contribution in [3.05, 3.63) is 77.6 Å². The molecule has 1 aliphatic carbocycles. The Bertz CT molecular complexity index is 1420. The molecule has 0 saturated heterocycles. The van der Waals surface area contributed by atoms with Crippen LogP contribution in [-0.2, 0) is 14.3 Å². The molecule has 1 saturated carbocycles. The fraction of sp³-hybridized carbons (Fsp3) is 0.355. The molecule has 3 aromatic carbocycles. The molecule has 192 valence electrons. The van der Waals surface area contributed by atoms with Crippen LogP contribution in [0.25, 0.3) is 21.7 Å². The van der Waals surface area contributed by atoms with E-state index in [0.29, 0.717) is 5.75 Å². The highest BCUT2D eigenvalue weighted by atomic mass is 16.5. The molecule has 1 atom stereocenters. The Labute approximate surface area is 216 Å². The molecule has 1 N–H and O–H groups in total. The van der Waals surface area contributed by atoms with E-state index in [1.807, 2.05) is 37.3 Å². The number of hydrogen-bond donors (Lipinski definition) is 1. The average molecular weight is 500 g/mol. The van der Waals surface area contributed by atoms with Crippen LogP contribution in [0.4, 0.5) is 0 Å². The third kappa shape index (κ3) is 5.79. The van der Waals surface area contributed by atoms with Crippen LogP contribution >= 0.6 is 0 Å². The molecule has 1 aliphatic rings. The summed E-state index contributed by atoms with van der Waals surface area (Å²) in [6.45, 7) is 2.03. The van der Waals surface area contributed by atoms with Crippen LogP contribution in [0.15, 0.2) is 65.3 Å². The molecule has 4 aromatic rings. The summed E-state index contributed by atoms with van der Waals surface area (Å²) in [6.07, 6.45) is 7.59. The number of nitrogens with one attached hydrogen (secondary N) is 1. The van der Waals surface area contributed by atoms with Crippen molar-refractivity contribution in [1.29, 1.82) is 0 Å². The minimum atomic E-state index is -0.266. The van der Waals surface area contributed by atoms with Gasteiger partial charge in [0.1, 0.15) is 11.3 Å². The Balaban J connectivity index is 1.39. The van der Waals surface area contributed by atoms with Gasteiger partial charge in [-0.05, 0) is 77.6 Å². The summed E-state index contributed by atoms with van der Waals surface area (Å²) in [6, 6.07) is 18.3. The number of methoxy groups -OCH3 is 1. The molecular formula is C31H33NO5. The predicted octanol–water partition coefficient (Wildman–Crippen LogP) is 6.42. The molecule has 5 rings (SSSR count). The van der Waals surface area contributed by atoms with Crippen LogP contribution in [0.2, 0.25) is 0 Å². The van der Waals surface area contributed by atoms with E-state index < -0.39 is 0 Å². The fourth-order valence-corrected chi connectivity index (χ4v) is 5.38. The largest absolute Gasteiger partial charge is 0.484 e. The third-order valence-electron chi connectivity index (χ3n) is 7.39. The summed E-state index contributed by atoms with van der Waals surface area (Å²) in [4.78, 5) is 24.8. The van der Waals surface area contributed by atoms with Crippen molar-refractivity contribution in [2.24, 2.45) is 0 Å². The Morgan fingerprint density at radius 1 is 0.973 bits per heavy atom. The summed E-state index contributed by atoms with van der Waals surface area (Å²) < 4.78 is 16.4. The second-order valence-electron chi connectivity index (χ2n) is 9.96. The maximum absolute atomic E-state index is 12.4. The van der Waals surface area contributed by atoms with Gasteiger partial charge in [-0.2, -0.15) is 0 Å². The lowest BCUT2D eigenvalue weighted by molar-refractivity contribution is -0.140. The highest BCUT2D eigenvalue weighted by Crippen LogP contribution is 2.35. The number of aryl methyl sites for hydroxylation is 1. The first kappa shape index (κ1) is 24.9. The van der Waals surface area contributed by atoms with Crippen molar-refractivity contribution in [1.82, 2.24) is 5.32 Å². The van der Waals surface area contributed by atoms with E-state index >= 15 is 0 Å². The summed E-state index contributed by atoms with van der Waals surface area (Å²) >= 11 is 0. The van der Waals surface area contributed by atoms with Gasteiger partial charge in [0.15, 0.2) is 6.61 Å². The molecule has 6 heteroatoms. The first-order valence-corrected chi connectivity index (χ1v) is 13.0. The third-order valence-corrected chi connectivity index (χ3v) is 7.39. The van der Waals surface area contributed by atoms with Crippen LogP contribution in [-0.4, -0.2) is 31.6 Å². The molecule has 1 aromatic heterocycles. The van der Waals surface area contributed by atoms with Gasteiger partial charge in [-0.15, -0.1) is 0 Å². The van der Waals surface area contributed by atoms with Gasteiger partial charge >= 0.3 is 5.97 Å². The highest BCUT2D eigenvalue weighted by Gasteiger charge is 2.22. The van der Waals surface area contributed by atoms with Crippen molar-refractivity contribution in [2.45, 2.75) is 57.4 Å². The molecule has 1 amide bonds. The summed E-state index contributed by atoms with van der Waals surface area (Å²) in [7, 11) is 1.42. The smallest absolute Gasteiger partial charge is 0.306 e. The molecule has 1 unspecified atom stereocenters. The SMILES string of the molecule is COC(=O)CC(c1ccc2ccc(OCC(=O)NC3CCCCC3)cc2c1)c1cc2ccoc2cc1C. The minimum Gasteiger partial charge on any atom is -0.484 e. The lowest BCUT2D eigenvalue weighted by Crippen LogP contribution is -2.38. The van der Waals surface area contributed by atoms with Gasteiger partial charge in [0.2, 0.25) is 0 Å². The molecule has 1 heterocycles. The second-order valence-corrected chi connectivity index (χ2v) is 9.96. The molecular weight excluding hydrogens is 466 g/mol. The quantitative estimate of drug-likeness (QED) is 0.283. The minimum absolute atomic E-state index is 0.00340. The first-order chi connectivity index (χ1) is 18.0. The monoisotopic (exact) mass is 499 g/mol. The number of esters is 1. The molecule has 0 spiro atoms. The van der Waals surface area contributed by atoms with E-state index in [4.69, 9.17) is 13.9 Å². The second kappa shape index (κ2) is 11.1. The van der Waals surface area contributed by atoms with E-state index in [0.717, 1.165) is 51.3 Å². The number of benzene rings is 3. The number of rotatable bonds is 8. The Kier molecular flexibility index (Phi) is 7.45. The molecule has 0 radical (unpaired) electrons. The van der Waals surface area contributed by atoms with Crippen molar-refractivity contribution in [3.63, 3.8) is 0 Å². The lowest BCUT2D eigenvalue weighted by atomic mass is 9.84. The molecule has 0 aliphatic heterocycles. The van der Waals surface area contributed by atoms with Gasteiger partial charge in [0.05, 0.1) is 19.8 Å². The van der Waals surface area contributed by atoms with Crippen LogP contribution in [0.3, 0.4) is 0 Å². The predicted molar refractivity (Wildman–Crippen MR) is 144 cm³/mol. The van der Waals surface area contributed by atoms with Gasteiger partial charge in [0, 0.05) is 17.3 Å². The van der Waals surface area contributed by atoms with Gasteiger partial charge < -0.3 is 19.2 Å². The van der Waals surface area contributed by atoms with Gasteiger partial charge in [-0.1, -0.05) is 43.5 Å². The van der Waals surface area contributed by atoms with E-state index in [2.05, 4.69) is 29.6 Å². The van der Waals surface area contributed by atoms with E-state index in [-0.39, 0.29) is 36.9 Å². The highest BCUT2D eigenvalue weighted by molar-refractivity contribution is 5.86. The van der Waals surface area contributed by atoms with E-state index in [1.165, 1.54) is 26.4 Å². The zero-order valence-corrected chi connectivity index (χ0v) is 21.4. The van der Waals surface area contributed by atoms with Crippen LogP contribution in [0, 0.1) is 6.92 Å². The summed E-state index contributed by atoms with van der Waals surface area (Å²) in [5.41, 5.74) is 3.95. The van der Waals surface area contributed by atoms with E-state index in [9.17, 15) is 9.59 Å². The van der Waals surface area contributed by atoms with Crippen molar-refractivity contribution in [2.75, 3.05) is 13.7 Å². The Hall–Kier alpha value is -3.80. The maximum Gasteiger partial charge on any atom is 0.306 e. The fourth-order valence-electron chi connectivity index (χ4n) is 5.38. The molecule has 1 fully saturated rings. The number of amides is 1. The lowest BCUT2D eigenvalue weighted by Gasteiger charge is -2.22. The molecule has 0 bridgehead atoms. The van der Waals surface area contributed by atoms with Crippen molar-refractivity contribution in [3.8, 4) is 5.75 Å². The standard InChI is InChI=1S/C31H33NO5/c1-20-14-29-23(12-13-36-29)17-27(20)28(18-31(34)35-2)22-9-8-21-10-11-26(16-24(21)15-22)37-19-30(33)32-25-6-4-3-5-7-25/h8-17,25,28H,3-7,18-19H2,1-2H3,(H,32,33). The number of ether oxygens (including phenoxy) is 2. The van der Waals surface area contributed by atoms with Crippen molar-refractivity contribution < 1.29 is 23.5 Å². The van der Waals surface area contributed by atoms with Crippen molar-refractivity contribution >= 4 is 33.6 Å². The molecule has 6 nitrogen and oxygen atoms in total. The van der Waals surface area contributed by atoms with Gasteiger partial charge in [-0.25, -0.2) is 0 Å². The van der Waals surface area contributed by atoms with Crippen LogP contribution < -0.4 is 10.1 Å². The summed E-state index contributed by atoms with van der Waals surface area (Å²) in [5, 5.41) is 6.14. The molecule has 37 heavy (non-hydrogen) atoms. The Morgan fingerprint density at radius 2 is 1.78 bits per heavy atom. The normalized spacial score (nSPS) is 15.0. The topological polar surface area (TPSA) is 77.8 Å². The van der Waals surface area contributed by atoms with E-state index in [1.54, 1.807) is 6.26 Å². The number of fused-ring (bicyclic) bond motifs is 2. The number of carbonyl (C=O) groups is 2. The first-order valence-electron chi connectivity index (χ1n) is 13.0. The summed E-state index contributed by atoms with van der Waals surface area (Å²) in [5.74, 6) is 0.118. The number of furan rings is 1. The van der Waals surface area contributed by atoms with Gasteiger partial charge in [0.25, 0.3) is 5.91 Å². The zero-order chi connectivity index (χ0) is 25.8. The van der Waals surface area contributed by atoms with Crippen LogP contribution in [0.5, 0.6) is 5.75 Å². The number of hydrogen-bond acceptors (Lipinski definition) is 5. The van der Waals surface area contributed by atoms with Crippen LogP contribution in [0.1, 0.15) is 61.1 Å².